The molecule has 0 saturated heterocycles. The van der Waals surface area contributed by atoms with Gasteiger partial charge < -0.3 is 10.2 Å². The lowest BCUT2D eigenvalue weighted by Gasteiger charge is -2.24. The fourth-order valence-electron chi connectivity index (χ4n) is 1.44. The highest BCUT2D eigenvalue weighted by Crippen LogP contribution is 2.20. The first-order valence-electron chi connectivity index (χ1n) is 4.42. The molecule has 2 heteroatoms. The van der Waals surface area contributed by atoms with E-state index in [0.717, 1.165) is 12.8 Å². The van der Waals surface area contributed by atoms with E-state index in [-0.39, 0.29) is 12.5 Å². The standard InChI is InChI=1S/C9H20O2/c1-4-5-8(7(2)3)9(11)6-10/h7-11H,4-6H2,1-3H3/t8-,9-/m1/s1. The zero-order chi connectivity index (χ0) is 8.85. The zero-order valence-electron chi connectivity index (χ0n) is 7.75. The Morgan fingerprint density at radius 3 is 2.09 bits per heavy atom. The van der Waals surface area contributed by atoms with Crippen LogP contribution in [0.4, 0.5) is 0 Å². The van der Waals surface area contributed by atoms with Gasteiger partial charge in [-0.2, -0.15) is 0 Å². The molecule has 0 aromatic heterocycles. The maximum Gasteiger partial charge on any atom is 0.0801 e. The van der Waals surface area contributed by atoms with Crippen LogP contribution in [-0.4, -0.2) is 22.9 Å². The van der Waals surface area contributed by atoms with Gasteiger partial charge in [0, 0.05) is 0 Å². The van der Waals surface area contributed by atoms with Crippen molar-refractivity contribution in [1.29, 1.82) is 0 Å². The maximum absolute atomic E-state index is 9.37. The molecule has 2 N–H and O–H groups in total. The van der Waals surface area contributed by atoms with Crippen molar-refractivity contribution in [3.63, 3.8) is 0 Å². The second-order valence-electron chi connectivity index (χ2n) is 3.45. The second-order valence-corrected chi connectivity index (χ2v) is 3.45. The lowest BCUT2D eigenvalue weighted by atomic mass is 9.87. The monoisotopic (exact) mass is 160 g/mol. The molecule has 0 aromatic rings. The van der Waals surface area contributed by atoms with Gasteiger partial charge in [0.15, 0.2) is 0 Å². The molecule has 0 unspecified atom stereocenters. The summed E-state index contributed by atoms with van der Waals surface area (Å²) in [5, 5.41) is 18.1. The summed E-state index contributed by atoms with van der Waals surface area (Å²) in [6.07, 6.45) is 1.54. The molecule has 0 spiro atoms. The SMILES string of the molecule is CCC[C@H](C(C)C)[C@H](O)CO. The summed E-state index contributed by atoms with van der Waals surface area (Å²) in [6, 6.07) is 0. The molecule has 0 amide bonds. The van der Waals surface area contributed by atoms with Crippen LogP contribution in [0.3, 0.4) is 0 Å². The van der Waals surface area contributed by atoms with Crippen LogP contribution in [0.15, 0.2) is 0 Å². The summed E-state index contributed by atoms with van der Waals surface area (Å²) < 4.78 is 0. The summed E-state index contributed by atoms with van der Waals surface area (Å²) in [5.41, 5.74) is 0. The molecular weight excluding hydrogens is 140 g/mol. The van der Waals surface area contributed by atoms with Crippen LogP contribution in [0.1, 0.15) is 33.6 Å². The Balaban J connectivity index is 3.87. The number of hydrogen-bond acceptors (Lipinski definition) is 2. The van der Waals surface area contributed by atoms with E-state index in [0.29, 0.717) is 5.92 Å². The molecule has 2 nitrogen and oxygen atoms in total. The van der Waals surface area contributed by atoms with Crippen LogP contribution in [0.2, 0.25) is 0 Å². The molecule has 0 heterocycles. The van der Waals surface area contributed by atoms with Crippen molar-refractivity contribution in [2.45, 2.75) is 39.7 Å². The van der Waals surface area contributed by atoms with E-state index >= 15 is 0 Å². The van der Waals surface area contributed by atoms with Crippen molar-refractivity contribution >= 4 is 0 Å². The van der Waals surface area contributed by atoms with E-state index in [1.165, 1.54) is 0 Å². The third kappa shape index (κ3) is 3.73. The van der Waals surface area contributed by atoms with Crippen LogP contribution >= 0.6 is 0 Å². The van der Waals surface area contributed by atoms with E-state index in [4.69, 9.17) is 5.11 Å². The van der Waals surface area contributed by atoms with Gasteiger partial charge in [0.05, 0.1) is 12.7 Å². The van der Waals surface area contributed by atoms with Gasteiger partial charge in [0.2, 0.25) is 0 Å². The van der Waals surface area contributed by atoms with Gasteiger partial charge in [-0.25, -0.2) is 0 Å². The molecule has 0 aliphatic carbocycles. The van der Waals surface area contributed by atoms with Gasteiger partial charge in [-0.05, 0) is 18.3 Å². The quantitative estimate of drug-likeness (QED) is 0.638. The minimum Gasteiger partial charge on any atom is -0.394 e. The number of aliphatic hydroxyl groups excluding tert-OH is 2. The van der Waals surface area contributed by atoms with Crippen molar-refractivity contribution in [2.75, 3.05) is 6.61 Å². The van der Waals surface area contributed by atoms with E-state index in [9.17, 15) is 5.11 Å². The molecule has 0 rings (SSSR count). The summed E-state index contributed by atoms with van der Waals surface area (Å²) in [4.78, 5) is 0. The fraction of sp³-hybridized carbons (Fsp3) is 1.00. The molecule has 11 heavy (non-hydrogen) atoms. The Bertz CT molecular complexity index is 91.6. The average Bonchev–Trinajstić information content (AvgIpc) is 1.98. The highest BCUT2D eigenvalue weighted by atomic mass is 16.3. The highest BCUT2D eigenvalue weighted by Gasteiger charge is 2.20. The van der Waals surface area contributed by atoms with E-state index in [1.807, 2.05) is 0 Å². The largest absolute Gasteiger partial charge is 0.394 e. The first-order chi connectivity index (χ1) is 5.13. The molecule has 0 aliphatic heterocycles. The molecular formula is C9H20O2. The van der Waals surface area contributed by atoms with Gasteiger partial charge in [-0.1, -0.05) is 27.2 Å². The van der Waals surface area contributed by atoms with Crippen molar-refractivity contribution in [1.82, 2.24) is 0 Å². The van der Waals surface area contributed by atoms with Gasteiger partial charge in [-0.15, -0.1) is 0 Å². The Morgan fingerprint density at radius 2 is 1.82 bits per heavy atom. The topological polar surface area (TPSA) is 40.5 Å². The van der Waals surface area contributed by atoms with Gasteiger partial charge in [0.25, 0.3) is 0 Å². The molecule has 2 atom stereocenters. The van der Waals surface area contributed by atoms with Crippen molar-refractivity contribution in [3.8, 4) is 0 Å². The van der Waals surface area contributed by atoms with Crippen molar-refractivity contribution in [3.05, 3.63) is 0 Å². The minimum atomic E-state index is -0.532. The van der Waals surface area contributed by atoms with Crippen LogP contribution in [-0.2, 0) is 0 Å². The summed E-state index contributed by atoms with van der Waals surface area (Å²) >= 11 is 0. The van der Waals surface area contributed by atoms with Crippen molar-refractivity contribution in [2.24, 2.45) is 11.8 Å². The Kier molecular flexibility index (Phi) is 5.51. The number of rotatable bonds is 5. The second kappa shape index (κ2) is 5.56. The van der Waals surface area contributed by atoms with E-state index < -0.39 is 6.10 Å². The van der Waals surface area contributed by atoms with Crippen LogP contribution in [0.25, 0.3) is 0 Å². The van der Waals surface area contributed by atoms with E-state index in [1.54, 1.807) is 0 Å². The number of aliphatic hydroxyl groups is 2. The van der Waals surface area contributed by atoms with Gasteiger partial charge in [0.1, 0.15) is 0 Å². The van der Waals surface area contributed by atoms with Gasteiger partial charge >= 0.3 is 0 Å². The number of hydrogen-bond donors (Lipinski definition) is 2. The highest BCUT2D eigenvalue weighted by molar-refractivity contribution is 4.70. The Hall–Kier alpha value is -0.0800. The predicted octanol–water partition coefficient (Wildman–Crippen LogP) is 1.41. The van der Waals surface area contributed by atoms with Crippen LogP contribution < -0.4 is 0 Å². The van der Waals surface area contributed by atoms with Crippen molar-refractivity contribution < 1.29 is 10.2 Å². The zero-order valence-corrected chi connectivity index (χ0v) is 7.75. The molecule has 68 valence electrons. The maximum atomic E-state index is 9.37. The smallest absolute Gasteiger partial charge is 0.0801 e. The molecule has 0 bridgehead atoms. The van der Waals surface area contributed by atoms with E-state index in [2.05, 4.69) is 20.8 Å². The molecule has 0 radical (unpaired) electrons. The van der Waals surface area contributed by atoms with Gasteiger partial charge in [-0.3, -0.25) is 0 Å². The summed E-state index contributed by atoms with van der Waals surface area (Å²) in [5.74, 6) is 0.710. The normalized spacial score (nSPS) is 16.9. The minimum absolute atomic E-state index is 0.108. The Labute approximate surface area is 69.2 Å². The lowest BCUT2D eigenvalue weighted by molar-refractivity contribution is 0.0251. The first-order valence-corrected chi connectivity index (χ1v) is 4.42. The molecule has 0 aromatic carbocycles. The molecule has 0 aliphatic rings. The lowest BCUT2D eigenvalue weighted by Crippen LogP contribution is -2.28. The summed E-state index contributed by atoms with van der Waals surface area (Å²) in [6.45, 7) is 6.15. The molecule has 0 saturated carbocycles. The predicted molar refractivity (Wildman–Crippen MR) is 46.3 cm³/mol. The fourth-order valence-corrected chi connectivity index (χ4v) is 1.44. The third-order valence-electron chi connectivity index (χ3n) is 2.16. The summed E-state index contributed by atoms with van der Waals surface area (Å²) in [7, 11) is 0. The third-order valence-corrected chi connectivity index (χ3v) is 2.16. The van der Waals surface area contributed by atoms with Crippen LogP contribution in [0, 0.1) is 11.8 Å². The van der Waals surface area contributed by atoms with Crippen LogP contribution in [0.5, 0.6) is 0 Å². The average molecular weight is 160 g/mol. The first kappa shape index (κ1) is 10.9. The Morgan fingerprint density at radius 1 is 1.27 bits per heavy atom. The molecule has 0 fully saturated rings.